The van der Waals surface area contributed by atoms with E-state index in [0.29, 0.717) is 13.1 Å². The van der Waals surface area contributed by atoms with Crippen LogP contribution < -0.4 is 0 Å². The van der Waals surface area contributed by atoms with Crippen LogP contribution in [0.1, 0.15) is 6.92 Å². The number of nitrogens with zero attached hydrogens (tertiary/aromatic N) is 2. The molecular weight excluding hydrogens is 287 g/mol. The number of rotatable bonds is 2. The Morgan fingerprint density at radius 3 is 2.30 bits per heavy atom. The standard InChI is InChI=1S/C12H15FN2O4S/c1-9(16)14-2-4-15(5-3-14)20(18,19)12-7-10(13)6-11(17)8-12/h6-8,17H,2-5H2,1H3. The average molecular weight is 302 g/mol. The van der Waals surface area contributed by atoms with Crippen LogP contribution in [0.4, 0.5) is 4.39 Å². The van der Waals surface area contributed by atoms with E-state index in [0.717, 1.165) is 18.2 Å². The quantitative estimate of drug-likeness (QED) is 0.857. The van der Waals surface area contributed by atoms with Crippen molar-refractivity contribution in [3.63, 3.8) is 0 Å². The maximum Gasteiger partial charge on any atom is 0.243 e. The lowest BCUT2D eigenvalue weighted by Crippen LogP contribution is -2.49. The van der Waals surface area contributed by atoms with Crippen LogP contribution in [-0.2, 0) is 14.8 Å². The van der Waals surface area contributed by atoms with Crippen molar-refractivity contribution >= 4 is 15.9 Å². The Bertz CT molecular complexity index is 604. The van der Waals surface area contributed by atoms with E-state index in [-0.39, 0.29) is 23.9 Å². The van der Waals surface area contributed by atoms with Gasteiger partial charge in [0, 0.05) is 45.2 Å². The minimum absolute atomic E-state index is 0.106. The van der Waals surface area contributed by atoms with Crippen molar-refractivity contribution in [2.24, 2.45) is 0 Å². The number of sulfonamides is 1. The number of phenols is 1. The second-order valence-electron chi connectivity index (χ2n) is 4.56. The van der Waals surface area contributed by atoms with Crippen molar-refractivity contribution in [2.45, 2.75) is 11.8 Å². The van der Waals surface area contributed by atoms with Crippen LogP contribution in [0.15, 0.2) is 23.1 Å². The number of piperazine rings is 1. The Hall–Kier alpha value is -1.67. The van der Waals surface area contributed by atoms with Gasteiger partial charge in [-0.2, -0.15) is 4.31 Å². The number of halogens is 1. The van der Waals surface area contributed by atoms with Crippen LogP contribution in [0.2, 0.25) is 0 Å². The van der Waals surface area contributed by atoms with Gasteiger partial charge < -0.3 is 10.0 Å². The van der Waals surface area contributed by atoms with E-state index in [9.17, 15) is 22.7 Å². The van der Waals surface area contributed by atoms with E-state index in [4.69, 9.17) is 0 Å². The summed E-state index contributed by atoms with van der Waals surface area (Å²) in [5.74, 6) is -1.36. The van der Waals surface area contributed by atoms with Crippen molar-refractivity contribution in [1.82, 2.24) is 9.21 Å². The van der Waals surface area contributed by atoms with Gasteiger partial charge >= 0.3 is 0 Å². The van der Waals surface area contributed by atoms with Gasteiger partial charge in [0.2, 0.25) is 15.9 Å². The summed E-state index contributed by atoms with van der Waals surface area (Å²) < 4.78 is 39.0. The summed E-state index contributed by atoms with van der Waals surface area (Å²) in [6, 6.07) is 2.72. The largest absolute Gasteiger partial charge is 0.508 e. The number of benzene rings is 1. The van der Waals surface area contributed by atoms with Gasteiger partial charge in [-0.1, -0.05) is 0 Å². The highest BCUT2D eigenvalue weighted by molar-refractivity contribution is 7.89. The molecule has 1 N–H and O–H groups in total. The van der Waals surface area contributed by atoms with E-state index >= 15 is 0 Å². The van der Waals surface area contributed by atoms with Crippen molar-refractivity contribution < 1.29 is 22.7 Å². The molecular formula is C12H15FN2O4S. The molecule has 0 unspecified atom stereocenters. The number of aromatic hydroxyl groups is 1. The Morgan fingerprint density at radius 2 is 1.80 bits per heavy atom. The Labute approximate surface area is 116 Å². The van der Waals surface area contributed by atoms with Crippen LogP contribution >= 0.6 is 0 Å². The number of amides is 1. The number of carbonyl (C=O) groups is 1. The van der Waals surface area contributed by atoms with Gasteiger partial charge in [-0.15, -0.1) is 0 Å². The third-order valence-corrected chi connectivity index (χ3v) is 5.05. The fraction of sp³-hybridized carbons (Fsp3) is 0.417. The third-order valence-electron chi connectivity index (χ3n) is 3.18. The summed E-state index contributed by atoms with van der Waals surface area (Å²) in [6.45, 7) is 2.33. The Morgan fingerprint density at radius 1 is 1.20 bits per heavy atom. The van der Waals surface area contributed by atoms with Crippen LogP contribution in [0.25, 0.3) is 0 Å². The van der Waals surface area contributed by atoms with E-state index < -0.39 is 21.6 Å². The molecule has 1 aliphatic heterocycles. The summed E-state index contributed by atoms with van der Waals surface area (Å²) >= 11 is 0. The molecule has 8 heteroatoms. The Balaban J connectivity index is 2.21. The molecule has 0 saturated carbocycles. The molecule has 1 heterocycles. The van der Waals surface area contributed by atoms with E-state index in [1.165, 1.54) is 11.2 Å². The molecule has 0 bridgehead atoms. The molecule has 1 aliphatic rings. The summed E-state index contributed by atoms with van der Waals surface area (Å²) in [7, 11) is -3.86. The minimum atomic E-state index is -3.86. The SMILES string of the molecule is CC(=O)N1CCN(S(=O)(=O)c2cc(O)cc(F)c2)CC1. The normalized spacial score (nSPS) is 17.2. The molecule has 0 aliphatic carbocycles. The summed E-state index contributed by atoms with van der Waals surface area (Å²) in [4.78, 5) is 12.5. The summed E-state index contributed by atoms with van der Waals surface area (Å²) in [6.07, 6.45) is 0. The molecule has 0 radical (unpaired) electrons. The first kappa shape index (κ1) is 14.7. The number of hydrogen-bond donors (Lipinski definition) is 1. The van der Waals surface area contributed by atoms with E-state index in [1.54, 1.807) is 4.90 Å². The van der Waals surface area contributed by atoms with Gasteiger partial charge in [-0.05, 0) is 6.07 Å². The van der Waals surface area contributed by atoms with Gasteiger partial charge in [0.1, 0.15) is 11.6 Å². The molecule has 1 aromatic rings. The lowest BCUT2D eigenvalue weighted by atomic mass is 10.3. The molecule has 0 spiro atoms. The fourth-order valence-corrected chi connectivity index (χ4v) is 3.56. The smallest absolute Gasteiger partial charge is 0.243 e. The predicted molar refractivity (Wildman–Crippen MR) is 69.1 cm³/mol. The summed E-state index contributed by atoms with van der Waals surface area (Å²) in [5.41, 5.74) is 0. The average Bonchev–Trinajstić information content (AvgIpc) is 2.37. The lowest BCUT2D eigenvalue weighted by molar-refractivity contribution is -0.129. The zero-order valence-electron chi connectivity index (χ0n) is 10.9. The van der Waals surface area contributed by atoms with Crippen molar-refractivity contribution in [3.8, 4) is 5.75 Å². The maximum atomic E-state index is 13.2. The molecule has 6 nitrogen and oxygen atoms in total. The van der Waals surface area contributed by atoms with Crippen LogP contribution in [0.5, 0.6) is 5.75 Å². The molecule has 2 rings (SSSR count). The number of phenolic OH excluding ortho intramolecular Hbond substituents is 1. The molecule has 1 amide bonds. The summed E-state index contributed by atoms with van der Waals surface area (Å²) in [5, 5.41) is 9.29. The van der Waals surface area contributed by atoms with Gasteiger partial charge in [-0.25, -0.2) is 12.8 Å². The molecule has 1 aromatic carbocycles. The van der Waals surface area contributed by atoms with Crippen molar-refractivity contribution in [2.75, 3.05) is 26.2 Å². The second kappa shape index (κ2) is 5.37. The Kier molecular flexibility index (Phi) is 3.96. The highest BCUT2D eigenvalue weighted by Gasteiger charge is 2.29. The monoisotopic (exact) mass is 302 g/mol. The van der Waals surface area contributed by atoms with Crippen LogP contribution in [0.3, 0.4) is 0 Å². The maximum absolute atomic E-state index is 13.2. The fourth-order valence-electron chi connectivity index (χ4n) is 2.09. The van der Waals surface area contributed by atoms with Gasteiger partial charge in [0.15, 0.2) is 0 Å². The minimum Gasteiger partial charge on any atom is -0.508 e. The van der Waals surface area contributed by atoms with Crippen LogP contribution in [-0.4, -0.2) is 54.8 Å². The van der Waals surface area contributed by atoms with E-state index in [2.05, 4.69) is 0 Å². The van der Waals surface area contributed by atoms with Crippen molar-refractivity contribution in [3.05, 3.63) is 24.0 Å². The van der Waals surface area contributed by atoms with Crippen molar-refractivity contribution in [1.29, 1.82) is 0 Å². The molecule has 1 fully saturated rings. The number of carbonyl (C=O) groups excluding carboxylic acids is 1. The molecule has 1 saturated heterocycles. The van der Waals surface area contributed by atoms with Gasteiger partial charge in [-0.3, -0.25) is 4.79 Å². The zero-order chi connectivity index (χ0) is 14.9. The number of hydrogen-bond acceptors (Lipinski definition) is 4. The molecule has 0 atom stereocenters. The molecule has 0 aromatic heterocycles. The first-order valence-electron chi connectivity index (χ1n) is 6.06. The van der Waals surface area contributed by atoms with Crippen LogP contribution in [0, 0.1) is 5.82 Å². The molecule has 110 valence electrons. The topological polar surface area (TPSA) is 77.9 Å². The lowest BCUT2D eigenvalue weighted by Gasteiger charge is -2.33. The first-order chi connectivity index (χ1) is 9.30. The first-order valence-corrected chi connectivity index (χ1v) is 7.50. The second-order valence-corrected chi connectivity index (χ2v) is 6.49. The zero-order valence-corrected chi connectivity index (χ0v) is 11.7. The predicted octanol–water partition coefficient (Wildman–Crippen LogP) is 0.384. The third kappa shape index (κ3) is 2.91. The highest BCUT2D eigenvalue weighted by atomic mass is 32.2. The molecule has 20 heavy (non-hydrogen) atoms. The van der Waals surface area contributed by atoms with Gasteiger partial charge in [0.25, 0.3) is 0 Å². The van der Waals surface area contributed by atoms with Gasteiger partial charge in [0.05, 0.1) is 4.90 Å². The highest BCUT2D eigenvalue weighted by Crippen LogP contribution is 2.23. The van der Waals surface area contributed by atoms with E-state index in [1.807, 2.05) is 0 Å².